The molecule has 0 aliphatic heterocycles. The highest BCUT2D eigenvalue weighted by molar-refractivity contribution is 7.87. The Labute approximate surface area is 140 Å². The van der Waals surface area contributed by atoms with Gasteiger partial charge < -0.3 is 9.08 Å². The monoisotopic (exact) mass is 353 g/mol. The number of halogens is 1. The molecular formula is C16H16ClNO4S. The SMILES string of the molecule is CN(C)CC(=O)c1ccc(OS(=O)(=O)c2ccc(Cl)cc2)cc1. The molecule has 0 atom stereocenters. The Kier molecular flexibility index (Phi) is 5.41. The fourth-order valence-corrected chi connectivity index (χ4v) is 2.91. The van der Waals surface area contributed by atoms with Crippen LogP contribution in [-0.2, 0) is 10.1 Å². The summed E-state index contributed by atoms with van der Waals surface area (Å²) in [6.07, 6.45) is 0. The molecule has 0 amide bonds. The van der Waals surface area contributed by atoms with E-state index in [-0.39, 0.29) is 23.0 Å². The summed E-state index contributed by atoms with van der Waals surface area (Å²) in [7, 11) is -0.335. The average Bonchev–Trinajstić information content (AvgIpc) is 2.47. The molecule has 0 heterocycles. The molecule has 2 rings (SSSR count). The average molecular weight is 354 g/mol. The van der Waals surface area contributed by atoms with Crippen LogP contribution in [0.25, 0.3) is 0 Å². The quantitative estimate of drug-likeness (QED) is 0.590. The van der Waals surface area contributed by atoms with Crippen LogP contribution < -0.4 is 4.18 Å². The van der Waals surface area contributed by atoms with E-state index < -0.39 is 10.1 Å². The summed E-state index contributed by atoms with van der Waals surface area (Å²) in [5.41, 5.74) is 0.495. The summed E-state index contributed by atoms with van der Waals surface area (Å²) < 4.78 is 29.3. The van der Waals surface area contributed by atoms with Gasteiger partial charge in [-0.05, 0) is 62.6 Å². The van der Waals surface area contributed by atoms with Crippen molar-refractivity contribution >= 4 is 27.5 Å². The molecule has 0 aliphatic rings. The van der Waals surface area contributed by atoms with E-state index in [9.17, 15) is 13.2 Å². The number of ketones is 1. The van der Waals surface area contributed by atoms with E-state index in [0.29, 0.717) is 10.6 Å². The Bertz CT molecular complexity index is 784. The normalized spacial score (nSPS) is 11.5. The zero-order valence-corrected chi connectivity index (χ0v) is 14.3. The molecule has 0 radical (unpaired) electrons. The molecule has 0 N–H and O–H groups in total. The van der Waals surface area contributed by atoms with E-state index in [1.54, 1.807) is 31.1 Å². The standard InChI is InChI=1S/C16H16ClNO4S/c1-18(2)11-16(19)12-3-7-14(8-4-12)22-23(20,21)15-9-5-13(17)6-10-15/h3-10H,11H2,1-2H3. The van der Waals surface area contributed by atoms with Gasteiger partial charge in [0.25, 0.3) is 0 Å². The van der Waals surface area contributed by atoms with Crippen LogP contribution in [0.3, 0.4) is 0 Å². The minimum atomic E-state index is -3.93. The van der Waals surface area contributed by atoms with Crippen LogP contribution in [0.15, 0.2) is 53.4 Å². The lowest BCUT2D eigenvalue weighted by Crippen LogP contribution is -2.21. The van der Waals surface area contributed by atoms with Crippen molar-refractivity contribution in [1.29, 1.82) is 0 Å². The van der Waals surface area contributed by atoms with Crippen LogP contribution in [0.4, 0.5) is 0 Å². The van der Waals surface area contributed by atoms with Gasteiger partial charge in [0.15, 0.2) is 5.78 Å². The van der Waals surface area contributed by atoms with Crippen molar-refractivity contribution in [2.75, 3.05) is 20.6 Å². The first-order valence-corrected chi connectivity index (χ1v) is 8.54. The smallest absolute Gasteiger partial charge is 0.339 e. The molecule has 122 valence electrons. The van der Waals surface area contributed by atoms with E-state index in [1.807, 2.05) is 0 Å². The Morgan fingerprint density at radius 3 is 2.13 bits per heavy atom. The Morgan fingerprint density at radius 1 is 1.04 bits per heavy atom. The van der Waals surface area contributed by atoms with Gasteiger partial charge in [-0.1, -0.05) is 11.6 Å². The summed E-state index contributed by atoms with van der Waals surface area (Å²) in [5.74, 6) is 0.0865. The first kappa shape index (κ1) is 17.5. The van der Waals surface area contributed by atoms with Gasteiger partial charge >= 0.3 is 10.1 Å². The molecule has 0 saturated heterocycles. The zero-order chi connectivity index (χ0) is 17.0. The Morgan fingerprint density at radius 2 is 1.61 bits per heavy atom. The highest BCUT2D eigenvalue weighted by Crippen LogP contribution is 2.20. The first-order valence-electron chi connectivity index (χ1n) is 6.76. The molecule has 0 bridgehead atoms. The Balaban J connectivity index is 2.14. The maximum absolute atomic E-state index is 12.1. The largest absolute Gasteiger partial charge is 0.379 e. The van der Waals surface area contributed by atoms with Gasteiger partial charge in [-0.2, -0.15) is 8.42 Å². The molecule has 0 aromatic heterocycles. The summed E-state index contributed by atoms with van der Waals surface area (Å²) >= 11 is 5.73. The molecule has 0 fully saturated rings. The van der Waals surface area contributed by atoms with Gasteiger partial charge in [-0.15, -0.1) is 0 Å². The lowest BCUT2D eigenvalue weighted by atomic mass is 10.1. The van der Waals surface area contributed by atoms with Crippen molar-refractivity contribution < 1.29 is 17.4 Å². The third-order valence-corrected chi connectivity index (χ3v) is 4.46. The first-order chi connectivity index (χ1) is 10.8. The van der Waals surface area contributed by atoms with Crippen LogP contribution in [0.2, 0.25) is 5.02 Å². The van der Waals surface area contributed by atoms with E-state index in [4.69, 9.17) is 15.8 Å². The molecular weight excluding hydrogens is 338 g/mol. The summed E-state index contributed by atoms with van der Waals surface area (Å²) in [6, 6.07) is 11.7. The fourth-order valence-electron chi connectivity index (χ4n) is 1.85. The second kappa shape index (κ2) is 7.12. The van der Waals surface area contributed by atoms with Gasteiger partial charge in [0.2, 0.25) is 0 Å². The molecule has 7 heteroatoms. The topological polar surface area (TPSA) is 63.7 Å². The minimum absolute atomic E-state index is 0.00895. The highest BCUT2D eigenvalue weighted by Gasteiger charge is 2.17. The van der Waals surface area contributed by atoms with Gasteiger partial charge in [0.05, 0.1) is 6.54 Å². The number of nitrogens with zero attached hydrogens (tertiary/aromatic N) is 1. The highest BCUT2D eigenvalue weighted by atomic mass is 35.5. The van der Waals surface area contributed by atoms with Crippen LogP contribution in [-0.4, -0.2) is 39.7 Å². The molecule has 5 nitrogen and oxygen atoms in total. The number of carbonyl (C=O) groups excluding carboxylic acids is 1. The van der Waals surface area contributed by atoms with Crippen molar-refractivity contribution in [3.63, 3.8) is 0 Å². The minimum Gasteiger partial charge on any atom is -0.379 e. The summed E-state index contributed by atoms with van der Waals surface area (Å²) in [6.45, 7) is 0.281. The van der Waals surface area contributed by atoms with Crippen LogP contribution in [0, 0.1) is 0 Å². The number of benzene rings is 2. The molecule has 0 aliphatic carbocycles. The van der Waals surface area contributed by atoms with E-state index in [2.05, 4.69) is 0 Å². The second-order valence-electron chi connectivity index (χ2n) is 5.18. The van der Waals surface area contributed by atoms with Crippen molar-refractivity contribution in [3.8, 4) is 5.75 Å². The van der Waals surface area contributed by atoms with Crippen LogP contribution in [0.5, 0.6) is 5.75 Å². The van der Waals surface area contributed by atoms with Gasteiger partial charge in [0.1, 0.15) is 10.6 Å². The van der Waals surface area contributed by atoms with Crippen LogP contribution in [0.1, 0.15) is 10.4 Å². The predicted octanol–water partition coefficient (Wildman–Crippen LogP) is 2.85. The summed E-state index contributed by atoms with van der Waals surface area (Å²) in [5, 5.41) is 0.438. The maximum atomic E-state index is 12.1. The van der Waals surface area contributed by atoms with E-state index >= 15 is 0 Å². The maximum Gasteiger partial charge on any atom is 0.339 e. The molecule has 0 unspecified atom stereocenters. The number of Topliss-reactive ketones (excluding diaryl/α,β-unsaturated/α-hetero) is 1. The van der Waals surface area contributed by atoms with Crippen molar-refractivity contribution in [2.45, 2.75) is 4.90 Å². The fraction of sp³-hybridized carbons (Fsp3) is 0.188. The third-order valence-electron chi connectivity index (χ3n) is 2.94. The molecule has 2 aromatic carbocycles. The van der Waals surface area contributed by atoms with Gasteiger partial charge in [-0.3, -0.25) is 4.79 Å². The number of likely N-dealkylation sites (N-methyl/N-ethyl adjacent to an activating group) is 1. The van der Waals surface area contributed by atoms with Gasteiger partial charge in [0, 0.05) is 10.6 Å². The number of hydrogen-bond donors (Lipinski definition) is 0. The molecule has 0 spiro atoms. The molecule has 2 aromatic rings. The summed E-state index contributed by atoms with van der Waals surface area (Å²) in [4.78, 5) is 13.7. The van der Waals surface area contributed by atoms with Crippen molar-refractivity contribution in [1.82, 2.24) is 4.90 Å². The predicted molar refractivity (Wildman–Crippen MR) is 88.6 cm³/mol. The number of hydrogen-bond acceptors (Lipinski definition) is 5. The molecule has 0 saturated carbocycles. The third kappa shape index (κ3) is 4.79. The second-order valence-corrected chi connectivity index (χ2v) is 7.16. The lowest BCUT2D eigenvalue weighted by Gasteiger charge is -2.10. The zero-order valence-electron chi connectivity index (χ0n) is 12.7. The van der Waals surface area contributed by atoms with Crippen molar-refractivity contribution in [2.24, 2.45) is 0 Å². The van der Waals surface area contributed by atoms with E-state index in [1.165, 1.54) is 36.4 Å². The van der Waals surface area contributed by atoms with Crippen LogP contribution >= 0.6 is 11.6 Å². The number of rotatable bonds is 6. The lowest BCUT2D eigenvalue weighted by molar-refractivity contribution is 0.0958. The molecule has 23 heavy (non-hydrogen) atoms. The van der Waals surface area contributed by atoms with E-state index in [0.717, 1.165) is 0 Å². The number of carbonyl (C=O) groups is 1. The van der Waals surface area contributed by atoms with Gasteiger partial charge in [-0.25, -0.2) is 0 Å². The Hall–Kier alpha value is -1.89. The van der Waals surface area contributed by atoms with Crippen molar-refractivity contribution in [3.05, 3.63) is 59.1 Å².